The Morgan fingerprint density at radius 1 is 1.40 bits per heavy atom. The van der Waals surface area contributed by atoms with E-state index in [-0.39, 0.29) is 6.03 Å². The fraction of sp³-hybridized carbons (Fsp3) is 0.714. The highest BCUT2D eigenvalue weighted by atomic mass is 16.5. The molecule has 1 saturated heterocycles. The Balaban J connectivity index is 1.90. The van der Waals surface area contributed by atoms with Gasteiger partial charge in [-0.25, -0.2) is 4.79 Å². The molecule has 2 heterocycles. The number of aliphatic carboxylic acids is 1. The van der Waals surface area contributed by atoms with Gasteiger partial charge in [-0.1, -0.05) is 6.08 Å². The summed E-state index contributed by atoms with van der Waals surface area (Å²) in [6, 6.07) is -0.0383. The number of ether oxygens (including phenoxy) is 1. The SMILES string of the molecule is COCC1=CCN(C(=O)N2CCCC(C(=O)O)C2)CC1. The molecule has 0 aliphatic carbocycles. The van der Waals surface area contributed by atoms with Gasteiger partial charge in [0, 0.05) is 33.3 Å². The van der Waals surface area contributed by atoms with Crippen LogP contribution in [-0.2, 0) is 9.53 Å². The summed E-state index contributed by atoms with van der Waals surface area (Å²) in [7, 11) is 1.66. The first-order chi connectivity index (χ1) is 9.61. The number of amides is 2. The Morgan fingerprint density at radius 3 is 2.80 bits per heavy atom. The molecule has 112 valence electrons. The zero-order valence-electron chi connectivity index (χ0n) is 11.9. The minimum atomic E-state index is -0.802. The Labute approximate surface area is 119 Å². The maximum absolute atomic E-state index is 12.4. The van der Waals surface area contributed by atoms with Crippen LogP contribution < -0.4 is 0 Å². The smallest absolute Gasteiger partial charge is 0.320 e. The first-order valence-electron chi connectivity index (χ1n) is 7.05. The molecular formula is C14H22N2O4. The average Bonchev–Trinajstić information content (AvgIpc) is 2.48. The van der Waals surface area contributed by atoms with Gasteiger partial charge in [-0.2, -0.15) is 0 Å². The van der Waals surface area contributed by atoms with E-state index in [0.717, 1.165) is 12.8 Å². The molecule has 20 heavy (non-hydrogen) atoms. The van der Waals surface area contributed by atoms with Crippen molar-refractivity contribution in [3.05, 3.63) is 11.6 Å². The number of methoxy groups -OCH3 is 1. The van der Waals surface area contributed by atoms with Crippen LogP contribution in [0.3, 0.4) is 0 Å². The molecule has 6 nitrogen and oxygen atoms in total. The zero-order chi connectivity index (χ0) is 14.5. The lowest BCUT2D eigenvalue weighted by atomic mass is 9.98. The van der Waals surface area contributed by atoms with Gasteiger partial charge in [0.05, 0.1) is 12.5 Å². The van der Waals surface area contributed by atoms with Crippen molar-refractivity contribution in [1.29, 1.82) is 0 Å². The van der Waals surface area contributed by atoms with Gasteiger partial charge in [-0.3, -0.25) is 4.79 Å². The second kappa shape index (κ2) is 6.74. The molecule has 0 aromatic heterocycles. The van der Waals surface area contributed by atoms with Crippen molar-refractivity contribution >= 4 is 12.0 Å². The van der Waals surface area contributed by atoms with E-state index < -0.39 is 11.9 Å². The van der Waals surface area contributed by atoms with Crippen molar-refractivity contribution in [2.75, 3.05) is 39.9 Å². The Hall–Kier alpha value is -1.56. The van der Waals surface area contributed by atoms with E-state index in [1.54, 1.807) is 16.9 Å². The first kappa shape index (κ1) is 14.8. The lowest BCUT2D eigenvalue weighted by Crippen LogP contribution is -2.49. The third-order valence-electron chi connectivity index (χ3n) is 3.94. The van der Waals surface area contributed by atoms with Gasteiger partial charge in [0.15, 0.2) is 0 Å². The van der Waals surface area contributed by atoms with Gasteiger partial charge < -0.3 is 19.6 Å². The van der Waals surface area contributed by atoms with E-state index in [2.05, 4.69) is 0 Å². The van der Waals surface area contributed by atoms with E-state index in [1.807, 2.05) is 6.08 Å². The fourth-order valence-electron chi connectivity index (χ4n) is 2.75. The molecule has 1 N–H and O–H groups in total. The Morgan fingerprint density at radius 2 is 2.20 bits per heavy atom. The van der Waals surface area contributed by atoms with Crippen LogP contribution in [0.25, 0.3) is 0 Å². The lowest BCUT2D eigenvalue weighted by molar-refractivity contribution is -0.143. The molecule has 0 saturated carbocycles. The van der Waals surface area contributed by atoms with Crippen LogP contribution in [0.1, 0.15) is 19.3 Å². The largest absolute Gasteiger partial charge is 0.481 e. The standard InChI is InChI=1S/C14H22N2O4/c1-20-10-11-4-7-15(8-5-11)14(19)16-6-2-3-12(9-16)13(17)18/h4,12H,2-3,5-10H2,1H3,(H,17,18). The van der Waals surface area contributed by atoms with Crippen molar-refractivity contribution in [2.24, 2.45) is 5.92 Å². The van der Waals surface area contributed by atoms with E-state index in [1.165, 1.54) is 5.57 Å². The molecule has 1 atom stereocenters. The van der Waals surface area contributed by atoms with Crippen LogP contribution in [0.2, 0.25) is 0 Å². The van der Waals surface area contributed by atoms with Crippen molar-refractivity contribution in [2.45, 2.75) is 19.3 Å². The highest BCUT2D eigenvalue weighted by Crippen LogP contribution is 2.19. The highest BCUT2D eigenvalue weighted by Gasteiger charge is 2.30. The zero-order valence-corrected chi connectivity index (χ0v) is 11.9. The number of piperidine rings is 1. The number of carbonyl (C=O) groups is 2. The van der Waals surface area contributed by atoms with Crippen LogP contribution in [0.15, 0.2) is 11.6 Å². The molecular weight excluding hydrogens is 260 g/mol. The summed E-state index contributed by atoms with van der Waals surface area (Å²) in [5.74, 6) is -1.22. The summed E-state index contributed by atoms with van der Waals surface area (Å²) >= 11 is 0. The first-order valence-corrected chi connectivity index (χ1v) is 7.05. The predicted molar refractivity (Wildman–Crippen MR) is 73.5 cm³/mol. The van der Waals surface area contributed by atoms with Crippen LogP contribution in [0.5, 0.6) is 0 Å². The normalized spacial score (nSPS) is 23.4. The summed E-state index contributed by atoms with van der Waals surface area (Å²) in [4.78, 5) is 26.9. The summed E-state index contributed by atoms with van der Waals surface area (Å²) in [6.45, 7) is 2.88. The number of likely N-dealkylation sites (tertiary alicyclic amines) is 1. The quantitative estimate of drug-likeness (QED) is 0.789. The summed E-state index contributed by atoms with van der Waals surface area (Å²) in [5, 5.41) is 9.07. The number of carbonyl (C=O) groups excluding carboxylic acids is 1. The molecule has 2 aliphatic rings. The van der Waals surface area contributed by atoms with Crippen molar-refractivity contribution in [1.82, 2.24) is 9.80 Å². The topological polar surface area (TPSA) is 70.1 Å². The molecule has 0 aromatic carbocycles. The minimum absolute atomic E-state index is 0.0383. The van der Waals surface area contributed by atoms with Gasteiger partial charge in [-0.15, -0.1) is 0 Å². The Bertz CT molecular complexity index is 408. The molecule has 0 radical (unpaired) electrons. The fourth-order valence-corrected chi connectivity index (χ4v) is 2.75. The molecule has 2 rings (SSSR count). The van der Waals surface area contributed by atoms with E-state index in [4.69, 9.17) is 9.84 Å². The molecule has 0 aromatic rings. The van der Waals surface area contributed by atoms with Gasteiger partial charge in [0.1, 0.15) is 0 Å². The minimum Gasteiger partial charge on any atom is -0.481 e. The van der Waals surface area contributed by atoms with Gasteiger partial charge in [0.2, 0.25) is 0 Å². The average molecular weight is 282 g/mol. The highest BCUT2D eigenvalue weighted by molar-refractivity contribution is 5.77. The number of hydrogen-bond donors (Lipinski definition) is 1. The van der Waals surface area contributed by atoms with E-state index in [0.29, 0.717) is 39.2 Å². The van der Waals surface area contributed by atoms with Crippen LogP contribution in [0, 0.1) is 5.92 Å². The maximum Gasteiger partial charge on any atom is 0.320 e. The van der Waals surface area contributed by atoms with Crippen LogP contribution in [-0.4, -0.2) is 66.8 Å². The van der Waals surface area contributed by atoms with Crippen LogP contribution in [0.4, 0.5) is 4.79 Å². The molecule has 1 unspecified atom stereocenters. The summed E-state index contributed by atoms with van der Waals surface area (Å²) in [5.41, 5.74) is 1.22. The number of nitrogens with zero attached hydrogens (tertiary/aromatic N) is 2. The third-order valence-corrected chi connectivity index (χ3v) is 3.94. The lowest BCUT2D eigenvalue weighted by Gasteiger charge is -2.36. The van der Waals surface area contributed by atoms with Crippen molar-refractivity contribution in [3.63, 3.8) is 0 Å². The molecule has 1 fully saturated rings. The maximum atomic E-state index is 12.4. The number of carboxylic acids is 1. The van der Waals surface area contributed by atoms with Gasteiger partial charge >= 0.3 is 12.0 Å². The number of hydrogen-bond acceptors (Lipinski definition) is 3. The van der Waals surface area contributed by atoms with Crippen molar-refractivity contribution < 1.29 is 19.4 Å². The summed E-state index contributed by atoms with van der Waals surface area (Å²) < 4.78 is 5.09. The van der Waals surface area contributed by atoms with E-state index >= 15 is 0 Å². The second-order valence-electron chi connectivity index (χ2n) is 5.40. The molecule has 0 bridgehead atoms. The number of urea groups is 1. The molecule has 0 spiro atoms. The second-order valence-corrected chi connectivity index (χ2v) is 5.40. The van der Waals surface area contributed by atoms with Gasteiger partial charge in [-0.05, 0) is 24.8 Å². The molecule has 2 amide bonds. The van der Waals surface area contributed by atoms with Crippen molar-refractivity contribution in [3.8, 4) is 0 Å². The number of rotatable bonds is 3. The number of carboxylic acid groups (broad SMARTS) is 1. The predicted octanol–water partition coefficient (Wildman–Crippen LogP) is 1.18. The van der Waals surface area contributed by atoms with Crippen LogP contribution >= 0.6 is 0 Å². The Kier molecular flexibility index (Phi) is 5.00. The van der Waals surface area contributed by atoms with Gasteiger partial charge in [0.25, 0.3) is 0 Å². The molecule has 2 aliphatic heterocycles. The molecule has 6 heteroatoms. The third kappa shape index (κ3) is 3.50. The monoisotopic (exact) mass is 282 g/mol. The summed E-state index contributed by atoms with van der Waals surface area (Å²) in [6.07, 6.45) is 4.29. The van der Waals surface area contributed by atoms with E-state index in [9.17, 15) is 9.59 Å².